The molecule has 1 saturated carbocycles. The van der Waals surface area contributed by atoms with Crippen molar-refractivity contribution in [1.29, 1.82) is 0 Å². The van der Waals surface area contributed by atoms with Crippen molar-refractivity contribution in [2.45, 2.75) is 57.8 Å². The number of nitrogens with one attached hydrogen (secondary N) is 1. The van der Waals surface area contributed by atoms with Crippen molar-refractivity contribution >= 4 is 17.5 Å². The van der Waals surface area contributed by atoms with E-state index in [0.29, 0.717) is 12.8 Å². The van der Waals surface area contributed by atoms with Crippen molar-refractivity contribution < 1.29 is 9.59 Å². The Morgan fingerprint density at radius 3 is 2.31 bits per heavy atom. The van der Waals surface area contributed by atoms with Crippen LogP contribution in [0.4, 0.5) is 5.69 Å². The molecule has 2 heterocycles. The fourth-order valence-corrected chi connectivity index (χ4v) is 5.38. The lowest BCUT2D eigenvalue weighted by Gasteiger charge is -2.39. The molecule has 158 valence electrons. The molecule has 0 spiro atoms. The number of hydrogen-bond acceptors (Lipinski definition) is 4. The number of imide groups is 1. The summed E-state index contributed by atoms with van der Waals surface area (Å²) in [5.74, 6) is 1.24. The van der Waals surface area contributed by atoms with Crippen molar-refractivity contribution in [3.8, 4) is 0 Å². The van der Waals surface area contributed by atoms with Gasteiger partial charge >= 0.3 is 0 Å². The molecule has 5 heteroatoms. The molecule has 1 aliphatic carbocycles. The average molecular weight is 398 g/mol. The second-order valence-corrected chi connectivity index (χ2v) is 9.26. The number of piperidine rings is 1. The van der Waals surface area contributed by atoms with Gasteiger partial charge in [0.25, 0.3) is 0 Å². The van der Waals surface area contributed by atoms with Crippen LogP contribution in [0.25, 0.3) is 0 Å². The molecule has 3 aliphatic rings. The van der Waals surface area contributed by atoms with Crippen LogP contribution < -0.4 is 10.2 Å². The van der Waals surface area contributed by atoms with Gasteiger partial charge < -0.3 is 4.90 Å². The van der Waals surface area contributed by atoms with Crippen LogP contribution in [0.15, 0.2) is 24.3 Å². The van der Waals surface area contributed by atoms with E-state index in [9.17, 15) is 9.59 Å². The molecule has 2 unspecified atom stereocenters. The Morgan fingerprint density at radius 2 is 1.66 bits per heavy atom. The van der Waals surface area contributed by atoms with Crippen molar-refractivity contribution in [3.05, 3.63) is 29.8 Å². The highest BCUT2D eigenvalue weighted by molar-refractivity contribution is 6.00. The summed E-state index contributed by atoms with van der Waals surface area (Å²) in [6, 6.07) is 8.40. The van der Waals surface area contributed by atoms with Gasteiger partial charge in [0.2, 0.25) is 11.8 Å². The Balaban J connectivity index is 1.27. The molecule has 2 saturated heterocycles. The van der Waals surface area contributed by atoms with E-state index in [-0.39, 0.29) is 17.7 Å². The zero-order chi connectivity index (χ0) is 20.2. The first kappa shape index (κ1) is 20.4. The van der Waals surface area contributed by atoms with Crippen molar-refractivity contribution in [2.24, 2.45) is 11.8 Å². The molecule has 4 rings (SSSR count). The molecule has 3 fully saturated rings. The van der Waals surface area contributed by atoms with Gasteiger partial charge in [0, 0.05) is 44.8 Å². The van der Waals surface area contributed by atoms with E-state index in [4.69, 9.17) is 0 Å². The monoisotopic (exact) mass is 397 g/mol. The maximum absolute atomic E-state index is 12.1. The van der Waals surface area contributed by atoms with Crippen LogP contribution in [-0.2, 0) is 9.59 Å². The Labute approximate surface area is 174 Å². The van der Waals surface area contributed by atoms with Crippen LogP contribution in [-0.4, -0.2) is 49.4 Å². The predicted octanol–water partition coefficient (Wildman–Crippen LogP) is 3.55. The third-order valence-electron chi connectivity index (χ3n) is 7.27. The van der Waals surface area contributed by atoms with E-state index >= 15 is 0 Å². The lowest BCUT2D eigenvalue weighted by molar-refractivity contribution is -0.134. The van der Waals surface area contributed by atoms with Crippen LogP contribution in [0.1, 0.15) is 63.4 Å². The summed E-state index contributed by atoms with van der Waals surface area (Å²) >= 11 is 0. The summed E-state index contributed by atoms with van der Waals surface area (Å²) in [5, 5.41) is 2.46. The fourth-order valence-electron chi connectivity index (χ4n) is 5.38. The number of carbonyl (C=O) groups excluding carboxylic acids is 2. The van der Waals surface area contributed by atoms with E-state index in [1.165, 1.54) is 44.3 Å². The van der Waals surface area contributed by atoms with Gasteiger partial charge in [-0.2, -0.15) is 0 Å². The van der Waals surface area contributed by atoms with E-state index in [1.807, 2.05) is 0 Å². The van der Waals surface area contributed by atoms with Crippen LogP contribution in [0.3, 0.4) is 0 Å². The number of piperazine rings is 1. The third-order valence-corrected chi connectivity index (χ3v) is 7.27. The van der Waals surface area contributed by atoms with Crippen LogP contribution >= 0.6 is 0 Å². The van der Waals surface area contributed by atoms with E-state index in [1.54, 1.807) is 0 Å². The van der Waals surface area contributed by atoms with Gasteiger partial charge in [-0.1, -0.05) is 51.2 Å². The molecule has 1 aromatic carbocycles. The Bertz CT molecular complexity index is 703. The quantitative estimate of drug-likeness (QED) is 0.772. The molecule has 5 nitrogen and oxygen atoms in total. The Hall–Kier alpha value is -1.88. The van der Waals surface area contributed by atoms with Gasteiger partial charge in [-0.3, -0.25) is 19.8 Å². The van der Waals surface area contributed by atoms with Gasteiger partial charge in [-0.15, -0.1) is 0 Å². The molecule has 29 heavy (non-hydrogen) atoms. The second kappa shape index (κ2) is 9.29. The number of rotatable bonds is 5. The summed E-state index contributed by atoms with van der Waals surface area (Å²) in [5.41, 5.74) is 2.25. The largest absolute Gasteiger partial charge is 0.369 e. The number of hydrogen-bond donors (Lipinski definition) is 1. The summed E-state index contributed by atoms with van der Waals surface area (Å²) in [6.07, 6.45) is 8.20. The molecule has 1 N–H and O–H groups in total. The maximum Gasteiger partial charge on any atom is 0.234 e. The minimum atomic E-state index is -0.195. The molecule has 2 aliphatic heterocycles. The van der Waals surface area contributed by atoms with Gasteiger partial charge in [0.1, 0.15) is 0 Å². The SMILES string of the molecule is CC(CN1CCN(c2ccc(C3CCC(=O)NC3=O)cc2)CC1)C1CCCCC1. The number of nitrogens with zero attached hydrogens (tertiary/aromatic N) is 2. The highest BCUT2D eigenvalue weighted by Crippen LogP contribution is 2.31. The number of anilines is 1. The third kappa shape index (κ3) is 5.00. The van der Waals surface area contributed by atoms with Crippen molar-refractivity contribution in [2.75, 3.05) is 37.6 Å². The lowest BCUT2D eigenvalue weighted by Crippen LogP contribution is -2.48. The molecule has 2 atom stereocenters. The lowest BCUT2D eigenvalue weighted by atomic mass is 9.80. The Kier molecular flexibility index (Phi) is 6.53. The summed E-state index contributed by atoms with van der Waals surface area (Å²) in [7, 11) is 0. The Morgan fingerprint density at radius 1 is 0.966 bits per heavy atom. The standard InChI is InChI=1S/C24H35N3O2/c1-18(19-5-3-2-4-6-19)17-26-13-15-27(16-14-26)21-9-7-20(8-10-21)22-11-12-23(28)25-24(22)29/h7-10,18-19,22H,2-6,11-17H2,1H3,(H,25,28,29). The summed E-state index contributed by atoms with van der Waals surface area (Å²) in [4.78, 5) is 28.5. The van der Waals surface area contributed by atoms with Crippen molar-refractivity contribution in [1.82, 2.24) is 10.2 Å². The fraction of sp³-hybridized carbons (Fsp3) is 0.667. The first-order chi connectivity index (χ1) is 14.1. The molecule has 1 aromatic rings. The van der Waals surface area contributed by atoms with Crippen LogP contribution in [0.2, 0.25) is 0 Å². The smallest absolute Gasteiger partial charge is 0.234 e. The minimum absolute atomic E-state index is 0.154. The predicted molar refractivity (Wildman–Crippen MR) is 116 cm³/mol. The van der Waals surface area contributed by atoms with E-state index in [0.717, 1.165) is 43.6 Å². The van der Waals surface area contributed by atoms with Crippen LogP contribution in [0, 0.1) is 11.8 Å². The first-order valence-corrected chi connectivity index (χ1v) is 11.5. The maximum atomic E-state index is 12.1. The van der Waals surface area contributed by atoms with Crippen molar-refractivity contribution in [3.63, 3.8) is 0 Å². The number of benzene rings is 1. The van der Waals surface area contributed by atoms with E-state index < -0.39 is 0 Å². The zero-order valence-electron chi connectivity index (χ0n) is 17.7. The van der Waals surface area contributed by atoms with Gasteiger partial charge in [-0.05, 0) is 36.0 Å². The minimum Gasteiger partial charge on any atom is -0.369 e. The topological polar surface area (TPSA) is 52.6 Å². The molecular formula is C24H35N3O2. The molecule has 2 amide bonds. The average Bonchev–Trinajstić information content (AvgIpc) is 2.75. The second-order valence-electron chi connectivity index (χ2n) is 9.26. The van der Waals surface area contributed by atoms with E-state index in [2.05, 4.69) is 46.3 Å². The first-order valence-electron chi connectivity index (χ1n) is 11.5. The number of carbonyl (C=O) groups is 2. The highest BCUT2D eigenvalue weighted by atomic mass is 16.2. The summed E-state index contributed by atoms with van der Waals surface area (Å²) in [6.45, 7) is 8.09. The normalized spacial score (nSPS) is 25.7. The zero-order valence-corrected chi connectivity index (χ0v) is 17.7. The highest BCUT2D eigenvalue weighted by Gasteiger charge is 2.28. The molecule has 0 aromatic heterocycles. The van der Waals surface area contributed by atoms with Gasteiger partial charge in [0.05, 0.1) is 5.92 Å². The van der Waals surface area contributed by atoms with Gasteiger partial charge in [-0.25, -0.2) is 0 Å². The summed E-state index contributed by atoms with van der Waals surface area (Å²) < 4.78 is 0. The van der Waals surface area contributed by atoms with Crippen LogP contribution in [0.5, 0.6) is 0 Å². The number of amides is 2. The van der Waals surface area contributed by atoms with Gasteiger partial charge in [0.15, 0.2) is 0 Å². The molecule has 0 radical (unpaired) electrons. The molecular weight excluding hydrogens is 362 g/mol. The molecule has 0 bridgehead atoms.